The van der Waals surface area contributed by atoms with Gasteiger partial charge >= 0.3 is 0 Å². The van der Waals surface area contributed by atoms with Gasteiger partial charge in [0.15, 0.2) is 17.7 Å². The average molecular weight is 609 g/mol. The van der Waals surface area contributed by atoms with Crippen LogP contribution < -0.4 is 25.8 Å². The fraction of sp³-hybridized carbons (Fsp3) is 0.346. The van der Waals surface area contributed by atoms with E-state index in [0.717, 1.165) is 0 Å². The minimum Gasteiger partial charge on any atom is -0.493 e. The van der Waals surface area contributed by atoms with Gasteiger partial charge in [0, 0.05) is 78.8 Å². The number of aliphatic hydroxyl groups is 1. The summed E-state index contributed by atoms with van der Waals surface area (Å²) in [6.07, 6.45) is 3.61. The molecule has 2 aromatic heterocycles. The Morgan fingerprint density at radius 2 is 1.88 bits per heavy atom. The van der Waals surface area contributed by atoms with E-state index in [1.807, 2.05) is 9.21 Å². The molecule has 6 N–H and O–H groups in total. The SMILES string of the molecule is COc1cc(N)c(C(=N)c2cnc(N3CCN(S(C)=O)CC3)c(CO)c2)cc1O[C@H](N)c1c(Cl)cnc(C)c1Cl. The normalized spacial score (nSPS) is 15.5. The molecule has 1 saturated heterocycles. The van der Waals surface area contributed by atoms with Gasteiger partial charge in [0.05, 0.1) is 46.2 Å². The zero-order valence-electron chi connectivity index (χ0n) is 22.3. The van der Waals surface area contributed by atoms with Crippen molar-refractivity contribution in [1.82, 2.24) is 14.3 Å². The Balaban J connectivity index is 1.63. The van der Waals surface area contributed by atoms with Crippen LogP contribution in [0.5, 0.6) is 11.5 Å². The first kappa shape index (κ1) is 30.0. The number of benzene rings is 1. The van der Waals surface area contributed by atoms with Crippen LogP contribution >= 0.6 is 23.2 Å². The van der Waals surface area contributed by atoms with Crippen LogP contribution in [0.1, 0.15) is 34.2 Å². The molecule has 14 heteroatoms. The van der Waals surface area contributed by atoms with Gasteiger partial charge in [-0.05, 0) is 19.1 Å². The van der Waals surface area contributed by atoms with Crippen LogP contribution in [-0.2, 0) is 17.6 Å². The number of nitrogens with one attached hydrogen (secondary N) is 1. The molecule has 3 aromatic rings. The zero-order valence-corrected chi connectivity index (χ0v) is 24.6. The summed E-state index contributed by atoms with van der Waals surface area (Å²) in [6.45, 7) is 3.94. The standard InChI is InChI=1S/C26H31Cl2N7O4S/c1-14-23(28)22(18(27)12-32-14)25(31)39-21-9-17(19(29)10-20(21)38-2)24(30)15-8-16(13-36)26(33-11-15)34-4-6-35(7-5-34)40(3)37/h8-12,25,30,36H,4-7,13,29,31H2,1-3H3/t25-,40?/m0/s1. The number of ether oxygens (including phenoxy) is 2. The molecule has 1 aliphatic rings. The topological polar surface area (TPSA) is 164 Å². The molecule has 0 amide bonds. The van der Waals surface area contributed by atoms with E-state index in [1.165, 1.54) is 13.3 Å². The molecule has 3 heterocycles. The highest BCUT2D eigenvalue weighted by molar-refractivity contribution is 7.81. The van der Waals surface area contributed by atoms with E-state index in [9.17, 15) is 9.32 Å². The van der Waals surface area contributed by atoms with Crippen molar-refractivity contribution in [3.63, 3.8) is 0 Å². The van der Waals surface area contributed by atoms with Crippen molar-refractivity contribution in [2.24, 2.45) is 5.73 Å². The number of nitrogen functional groups attached to an aromatic ring is 1. The summed E-state index contributed by atoms with van der Waals surface area (Å²) in [5.74, 6) is 1.16. The molecule has 1 unspecified atom stereocenters. The highest BCUT2D eigenvalue weighted by Gasteiger charge is 2.24. The molecule has 214 valence electrons. The lowest BCUT2D eigenvalue weighted by atomic mass is 10.00. The Morgan fingerprint density at radius 3 is 2.50 bits per heavy atom. The monoisotopic (exact) mass is 607 g/mol. The Morgan fingerprint density at radius 1 is 1.18 bits per heavy atom. The third kappa shape index (κ3) is 6.17. The molecule has 1 aliphatic heterocycles. The predicted molar refractivity (Wildman–Crippen MR) is 158 cm³/mol. The first-order chi connectivity index (χ1) is 19.0. The quantitative estimate of drug-likeness (QED) is 0.162. The average Bonchev–Trinajstić information content (AvgIpc) is 2.95. The molecule has 0 radical (unpaired) electrons. The van der Waals surface area contributed by atoms with Crippen LogP contribution in [0.3, 0.4) is 0 Å². The second-order valence-electron chi connectivity index (χ2n) is 9.13. The van der Waals surface area contributed by atoms with E-state index in [4.69, 9.17) is 49.6 Å². The molecule has 1 aromatic carbocycles. The zero-order chi connectivity index (χ0) is 29.1. The molecule has 1 fully saturated rings. The number of rotatable bonds is 9. The third-order valence-corrected chi connectivity index (χ3v) is 8.50. The van der Waals surface area contributed by atoms with E-state index in [0.29, 0.717) is 65.7 Å². The number of methoxy groups -OCH3 is 1. The summed E-state index contributed by atoms with van der Waals surface area (Å²) < 4.78 is 25.1. The van der Waals surface area contributed by atoms with Crippen LogP contribution in [0.25, 0.3) is 0 Å². The van der Waals surface area contributed by atoms with E-state index in [2.05, 4.69) is 9.97 Å². The van der Waals surface area contributed by atoms with Gasteiger partial charge in [-0.15, -0.1) is 0 Å². The van der Waals surface area contributed by atoms with Crippen molar-refractivity contribution < 1.29 is 18.8 Å². The van der Waals surface area contributed by atoms with Crippen molar-refractivity contribution in [2.45, 2.75) is 19.8 Å². The molecule has 0 saturated carbocycles. The number of nitrogens with zero attached hydrogens (tertiary/aromatic N) is 4. The fourth-order valence-corrected chi connectivity index (χ4v) is 5.67. The van der Waals surface area contributed by atoms with Crippen molar-refractivity contribution in [1.29, 1.82) is 5.41 Å². The lowest BCUT2D eigenvalue weighted by Gasteiger charge is -2.34. The Bertz CT molecular complexity index is 1450. The van der Waals surface area contributed by atoms with Gasteiger partial charge in [-0.25, -0.2) is 13.5 Å². The predicted octanol–water partition coefficient (Wildman–Crippen LogP) is 3.04. The molecular weight excluding hydrogens is 577 g/mol. The van der Waals surface area contributed by atoms with Crippen LogP contribution in [0, 0.1) is 12.3 Å². The molecule has 4 rings (SSSR count). The Hall–Kier alpha value is -3.00. The maximum atomic E-state index is 11.8. The number of aliphatic hydroxyl groups excluding tert-OH is 1. The molecule has 0 aliphatic carbocycles. The fourth-order valence-electron chi connectivity index (χ4n) is 4.43. The minimum atomic E-state index is -1.06. The van der Waals surface area contributed by atoms with Gasteiger partial charge in [-0.3, -0.25) is 16.1 Å². The molecule has 0 bridgehead atoms. The van der Waals surface area contributed by atoms with Crippen LogP contribution in [-0.4, -0.2) is 68.8 Å². The number of hydrogen-bond donors (Lipinski definition) is 4. The second-order valence-corrected chi connectivity index (χ2v) is 11.3. The molecule has 0 spiro atoms. The smallest absolute Gasteiger partial charge is 0.177 e. The minimum absolute atomic E-state index is 0.0642. The lowest BCUT2D eigenvalue weighted by Crippen LogP contribution is -2.47. The maximum absolute atomic E-state index is 11.8. The summed E-state index contributed by atoms with van der Waals surface area (Å²) in [4.78, 5) is 10.7. The van der Waals surface area contributed by atoms with Gasteiger partial charge in [-0.1, -0.05) is 23.2 Å². The van der Waals surface area contributed by atoms with E-state index in [1.54, 1.807) is 37.6 Å². The maximum Gasteiger partial charge on any atom is 0.177 e. The number of nitrogens with two attached hydrogens (primary N) is 2. The first-order valence-electron chi connectivity index (χ1n) is 12.3. The number of hydrogen-bond acceptors (Lipinski definition) is 10. The molecule has 2 atom stereocenters. The van der Waals surface area contributed by atoms with Gasteiger partial charge in [0.2, 0.25) is 0 Å². The summed E-state index contributed by atoms with van der Waals surface area (Å²) in [5.41, 5.74) is 15.2. The lowest BCUT2D eigenvalue weighted by molar-refractivity contribution is 0.204. The molecule has 40 heavy (non-hydrogen) atoms. The van der Waals surface area contributed by atoms with Crippen molar-refractivity contribution in [3.05, 3.63) is 68.6 Å². The number of aryl methyl sites for hydroxylation is 1. The van der Waals surface area contributed by atoms with Crippen molar-refractivity contribution in [2.75, 3.05) is 50.2 Å². The first-order valence-corrected chi connectivity index (χ1v) is 14.6. The third-order valence-electron chi connectivity index (χ3n) is 6.63. The van der Waals surface area contributed by atoms with E-state index in [-0.39, 0.29) is 33.8 Å². The number of anilines is 2. The largest absolute Gasteiger partial charge is 0.493 e. The van der Waals surface area contributed by atoms with Crippen LogP contribution in [0.2, 0.25) is 10.0 Å². The summed E-state index contributed by atoms with van der Waals surface area (Å²) in [6, 6.07) is 4.81. The van der Waals surface area contributed by atoms with Gasteiger partial charge in [-0.2, -0.15) is 0 Å². The summed E-state index contributed by atoms with van der Waals surface area (Å²) >= 11 is 12.7. The second kappa shape index (κ2) is 12.7. The molecule has 11 nitrogen and oxygen atoms in total. The van der Waals surface area contributed by atoms with Crippen molar-refractivity contribution in [3.8, 4) is 11.5 Å². The summed E-state index contributed by atoms with van der Waals surface area (Å²) in [5, 5.41) is 19.5. The molecular formula is C26H31Cl2N7O4S. The Labute approximate surface area is 245 Å². The van der Waals surface area contributed by atoms with Gasteiger partial charge < -0.3 is 25.2 Å². The highest BCUT2D eigenvalue weighted by Crippen LogP contribution is 2.38. The Kier molecular flexibility index (Phi) is 9.49. The van der Waals surface area contributed by atoms with Crippen LogP contribution in [0.4, 0.5) is 11.5 Å². The number of halogens is 2. The van der Waals surface area contributed by atoms with Gasteiger partial charge in [0.25, 0.3) is 0 Å². The highest BCUT2D eigenvalue weighted by atomic mass is 35.5. The van der Waals surface area contributed by atoms with E-state index < -0.39 is 17.2 Å². The summed E-state index contributed by atoms with van der Waals surface area (Å²) in [7, 11) is 0.428. The van der Waals surface area contributed by atoms with Crippen molar-refractivity contribution >= 4 is 51.4 Å². The van der Waals surface area contributed by atoms with Gasteiger partial charge in [0.1, 0.15) is 5.82 Å². The van der Waals surface area contributed by atoms with E-state index >= 15 is 0 Å². The number of pyridine rings is 2. The number of aromatic nitrogens is 2. The number of piperazine rings is 1. The van der Waals surface area contributed by atoms with Crippen LogP contribution in [0.15, 0.2) is 30.6 Å².